The van der Waals surface area contributed by atoms with Gasteiger partial charge in [-0.1, -0.05) is 6.92 Å². The summed E-state index contributed by atoms with van der Waals surface area (Å²) in [6.45, 7) is 5.87. The van der Waals surface area contributed by atoms with Crippen molar-refractivity contribution in [2.45, 2.75) is 32.7 Å². The van der Waals surface area contributed by atoms with E-state index < -0.39 is 5.97 Å². The van der Waals surface area contributed by atoms with E-state index >= 15 is 0 Å². The summed E-state index contributed by atoms with van der Waals surface area (Å²) in [7, 11) is 0. The fourth-order valence-corrected chi connectivity index (χ4v) is 1.28. The van der Waals surface area contributed by atoms with Gasteiger partial charge in [-0.2, -0.15) is 0 Å². The molecule has 2 atom stereocenters. The highest BCUT2D eigenvalue weighted by atomic mass is 16.5. The maximum Gasteiger partial charge on any atom is 0.307 e. The number of hydrogen-bond acceptors (Lipinski definition) is 3. The SMILES string of the molecule is CC(NCCOCC1CC1)C(C)C(=O)O. The molecule has 1 aliphatic carbocycles. The smallest absolute Gasteiger partial charge is 0.307 e. The van der Waals surface area contributed by atoms with Crippen molar-refractivity contribution in [3.8, 4) is 0 Å². The fourth-order valence-electron chi connectivity index (χ4n) is 1.28. The summed E-state index contributed by atoms with van der Waals surface area (Å²) in [4.78, 5) is 10.7. The number of rotatable bonds is 8. The second kappa shape index (κ2) is 6.08. The highest BCUT2D eigenvalue weighted by Crippen LogP contribution is 2.28. The van der Waals surface area contributed by atoms with Gasteiger partial charge in [-0.25, -0.2) is 0 Å². The topological polar surface area (TPSA) is 58.6 Å². The molecule has 1 fully saturated rings. The van der Waals surface area contributed by atoms with E-state index in [2.05, 4.69) is 5.32 Å². The Morgan fingerprint density at radius 1 is 1.53 bits per heavy atom. The maximum absolute atomic E-state index is 10.7. The Labute approximate surface area is 91.0 Å². The molecule has 4 heteroatoms. The lowest BCUT2D eigenvalue weighted by atomic mass is 10.0. The Balaban J connectivity index is 1.95. The second-order valence-electron chi connectivity index (χ2n) is 4.39. The molecular formula is C11H21NO3. The zero-order valence-electron chi connectivity index (χ0n) is 9.53. The van der Waals surface area contributed by atoms with E-state index in [-0.39, 0.29) is 12.0 Å². The van der Waals surface area contributed by atoms with Crippen LogP contribution in [-0.2, 0) is 9.53 Å². The van der Waals surface area contributed by atoms with Crippen LogP contribution in [0.2, 0.25) is 0 Å². The summed E-state index contributed by atoms with van der Waals surface area (Å²) >= 11 is 0. The molecule has 15 heavy (non-hydrogen) atoms. The van der Waals surface area contributed by atoms with Crippen molar-refractivity contribution < 1.29 is 14.6 Å². The fraction of sp³-hybridized carbons (Fsp3) is 0.909. The molecule has 0 aromatic heterocycles. The summed E-state index contributed by atoms with van der Waals surface area (Å²) in [6.07, 6.45) is 2.61. The van der Waals surface area contributed by atoms with E-state index in [1.807, 2.05) is 6.92 Å². The highest BCUT2D eigenvalue weighted by molar-refractivity contribution is 5.70. The molecule has 2 N–H and O–H groups in total. The Morgan fingerprint density at radius 3 is 2.73 bits per heavy atom. The van der Waals surface area contributed by atoms with Crippen molar-refractivity contribution >= 4 is 5.97 Å². The average molecular weight is 215 g/mol. The Bertz CT molecular complexity index is 204. The van der Waals surface area contributed by atoms with Crippen LogP contribution in [0.4, 0.5) is 0 Å². The molecule has 1 saturated carbocycles. The molecule has 88 valence electrons. The number of hydrogen-bond donors (Lipinski definition) is 2. The molecule has 0 aliphatic heterocycles. The normalized spacial score (nSPS) is 19.9. The molecule has 0 saturated heterocycles. The zero-order chi connectivity index (χ0) is 11.3. The van der Waals surface area contributed by atoms with Gasteiger partial charge < -0.3 is 15.2 Å². The van der Waals surface area contributed by atoms with Crippen LogP contribution in [-0.4, -0.2) is 36.9 Å². The molecule has 0 heterocycles. The Hall–Kier alpha value is -0.610. The van der Waals surface area contributed by atoms with Gasteiger partial charge in [0, 0.05) is 19.2 Å². The minimum absolute atomic E-state index is 0.00738. The minimum atomic E-state index is -0.756. The molecule has 1 aliphatic rings. The lowest BCUT2D eigenvalue weighted by molar-refractivity contribution is -0.141. The monoisotopic (exact) mass is 215 g/mol. The van der Waals surface area contributed by atoms with E-state index in [9.17, 15) is 4.79 Å². The van der Waals surface area contributed by atoms with Crippen LogP contribution in [0.15, 0.2) is 0 Å². The maximum atomic E-state index is 10.7. The molecule has 0 radical (unpaired) electrons. The Kier molecular flexibility index (Phi) is 5.05. The summed E-state index contributed by atoms with van der Waals surface area (Å²) < 4.78 is 5.44. The minimum Gasteiger partial charge on any atom is -0.481 e. The molecule has 0 aromatic carbocycles. The molecule has 4 nitrogen and oxygen atoms in total. The van der Waals surface area contributed by atoms with E-state index in [4.69, 9.17) is 9.84 Å². The van der Waals surface area contributed by atoms with Gasteiger partial charge in [0.15, 0.2) is 0 Å². The van der Waals surface area contributed by atoms with Gasteiger partial charge in [0.1, 0.15) is 0 Å². The molecule has 0 aromatic rings. The van der Waals surface area contributed by atoms with E-state index in [0.717, 1.165) is 19.1 Å². The second-order valence-corrected chi connectivity index (χ2v) is 4.39. The predicted molar refractivity (Wildman–Crippen MR) is 57.8 cm³/mol. The summed E-state index contributed by atoms with van der Waals surface area (Å²) in [6, 6.07) is -0.00738. The van der Waals surface area contributed by atoms with Crippen LogP contribution in [0.1, 0.15) is 26.7 Å². The third-order valence-electron chi connectivity index (χ3n) is 2.90. The van der Waals surface area contributed by atoms with Gasteiger partial charge >= 0.3 is 5.97 Å². The number of carbonyl (C=O) groups is 1. The average Bonchev–Trinajstić information content (AvgIpc) is 2.99. The van der Waals surface area contributed by atoms with Crippen molar-refractivity contribution in [2.24, 2.45) is 11.8 Å². The van der Waals surface area contributed by atoms with Crippen LogP contribution in [0, 0.1) is 11.8 Å². The predicted octanol–water partition coefficient (Wildman–Crippen LogP) is 1.11. The summed E-state index contributed by atoms with van der Waals surface area (Å²) in [5.74, 6) is -0.317. The van der Waals surface area contributed by atoms with Gasteiger partial charge in [0.05, 0.1) is 12.5 Å². The molecule has 0 amide bonds. The Morgan fingerprint density at radius 2 is 2.20 bits per heavy atom. The summed E-state index contributed by atoms with van der Waals surface area (Å²) in [5.41, 5.74) is 0. The number of nitrogens with one attached hydrogen (secondary N) is 1. The molecular weight excluding hydrogens is 194 g/mol. The van der Waals surface area contributed by atoms with Crippen molar-refractivity contribution in [1.82, 2.24) is 5.32 Å². The molecule has 2 unspecified atom stereocenters. The molecule has 0 spiro atoms. The van der Waals surface area contributed by atoms with E-state index in [1.54, 1.807) is 6.92 Å². The third kappa shape index (κ3) is 5.14. The number of ether oxygens (including phenoxy) is 1. The van der Waals surface area contributed by atoms with Crippen molar-refractivity contribution in [3.63, 3.8) is 0 Å². The number of carboxylic acids is 1. The number of aliphatic carboxylic acids is 1. The summed E-state index contributed by atoms with van der Waals surface area (Å²) in [5, 5.41) is 11.9. The van der Waals surface area contributed by atoms with Crippen molar-refractivity contribution in [3.05, 3.63) is 0 Å². The number of carboxylic acid groups (broad SMARTS) is 1. The quantitative estimate of drug-likeness (QED) is 0.595. The van der Waals surface area contributed by atoms with Gasteiger partial charge in [0.2, 0.25) is 0 Å². The van der Waals surface area contributed by atoms with Gasteiger partial charge in [-0.15, -0.1) is 0 Å². The standard InChI is InChI=1S/C11H21NO3/c1-8(11(13)14)9(2)12-5-6-15-7-10-3-4-10/h8-10,12H,3-7H2,1-2H3,(H,13,14). The first kappa shape index (κ1) is 12.5. The van der Waals surface area contributed by atoms with Crippen molar-refractivity contribution in [2.75, 3.05) is 19.8 Å². The first-order valence-corrected chi connectivity index (χ1v) is 5.65. The molecule has 0 bridgehead atoms. The van der Waals surface area contributed by atoms with Crippen LogP contribution < -0.4 is 5.32 Å². The first-order valence-electron chi connectivity index (χ1n) is 5.65. The zero-order valence-corrected chi connectivity index (χ0v) is 9.53. The van der Waals surface area contributed by atoms with Crippen LogP contribution in [0.25, 0.3) is 0 Å². The highest BCUT2D eigenvalue weighted by Gasteiger charge is 2.21. The van der Waals surface area contributed by atoms with Gasteiger partial charge in [0.25, 0.3) is 0 Å². The lowest BCUT2D eigenvalue weighted by Gasteiger charge is -2.17. The molecule has 1 rings (SSSR count). The van der Waals surface area contributed by atoms with Crippen LogP contribution in [0.3, 0.4) is 0 Å². The largest absolute Gasteiger partial charge is 0.481 e. The van der Waals surface area contributed by atoms with E-state index in [1.165, 1.54) is 12.8 Å². The van der Waals surface area contributed by atoms with Crippen LogP contribution in [0.5, 0.6) is 0 Å². The van der Waals surface area contributed by atoms with Crippen LogP contribution >= 0.6 is 0 Å². The lowest BCUT2D eigenvalue weighted by Crippen LogP contribution is -2.38. The van der Waals surface area contributed by atoms with Gasteiger partial charge in [-0.3, -0.25) is 4.79 Å². The third-order valence-corrected chi connectivity index (χ3v) is 2.90. The van der Waals surface area contributed by atoms with Gasteiger partial charge in [-0.05, 0) is 25.7 Å². The first-order chi connectivity index (χ1) is 7.11. The van der Waals surface area contributed by atoms with E-state index in [0.29, 0.717) is 6.61 Å². The van der Waals surface area contributed by atoms with Crippen molar-refractivity contribution in [1.29, 1.82) is 0 Å².